The SMILES string of the molecule is CC[C@H](CNC(=NC)NCCCOC)N1CCCC1. The van der Waals surface area contributed by atoms with Crippen LogP contribution in [0.1, 0.15) is 32.6 Å². The first-order valence-electron chi connectivity index (χ1n) is 7.49. The van der Waals surface area contributed by atoms with Crippen LogP contribution in [0.25, 0.3) is 0 Å². The molecule has 0 unspecified atom stereocenters. The molecule has 0 aromatic carbocycles. The smallest absolute Gasteiger partial charge is 0.191 e. The van der Waals surface area contributed by atoms with Crippen LogP contribution in [0.4, 0.5) is 0 Å². The number of hydrogen-bond acceptors (Lipinski definition) is 3. The van der Waals surface area contributed by atoms with Crippen molar-refractivity contribution in [1.82, 2.24) is 15.5 Å². The van der Waals surface area contributed by atoms with Gasteiger partial charge in [0.2, 0.25) is 0 Å². The van der Waals surface area contributed by atoms with Gasteiger partial charge in [-0.05, 0) is 38.8 Å². The Morgan fingerprint density at radius 3 is 2.63 bits per heavy atom. The van der Waals surface area contributed by atoms with E-state index < -0.39 is 0 Å². The summed E-state index contributed by atoms with van der Waals surface area (Å²) in [7, 11) is 3.55. The second-order valence-corrected chi connectivity index (χ2v) is 5.03. The van der Waals surface area contributed by atoms with E-state index in [2.05, 4.69) is 27.4 Å². The highest BCUT2D eigenvalue weighted by Gasteiger charge is 2.20. The summed E-state index contributed by atoms with van der Waals surface area (Å²) in [6.07, 6.45) is 4.88. The lowest BCUT2D eigenvalue weighted by atomic mass is 10.2. The predicted octanol–water partition coefficient (Wildman–Crippen LogP) is 1.06. The summed E-state index contributed by atoms with van der Waals surface area (Å²) >= 11 is 0. The van der Waals surface area contributed by atoms with Crippen LogP contribution in [0, 0.1) is 0 Å². The van der Waals surface area contributed by atoms with Gasteiger partial charge in [0.15, 0.2) is 5.96 Å². The maximum atomic E-state index is 5.03. The molecule has 0 aromatic heterocycles. The summed E-state index contributed by atoms with van der Waals surface area (Å²) in [4.78, 5) is 6.84. The van der Waals surface area contributed by atoms with Crippen molar-refractivity contribution in [3.05, 3.63) is 0 Å². The van der Waals surface area contributed by atoms with E-state index in [1.54, 1.807) is 7.11 Å². The van der Waals surface area contributed by atoms with Crippen molar-refractivity contribution in [2.24, 2.45) is 4.99 Å². The van der Waals surface area contributed by atoms with Crippen molar-refractivity contribution in [2.45, 2.75) is 38.6 Å². The van der Waals surface area contributed by atoms with Gasteiger partial charge in [-0.15, -0.1) is 0 Å². The molecule has 1 fully saturated rings. The minimum absolute atomic E-state index is 0.625. The fourth-order valence-corrected chi connectivity index (χ4v) is 2.50. The molecule has 112 valence electrons. The molecule has 0 aliphatic carbocycles. The van der Waals surface area contributed by atoms with Gasteiger partial charge in [-0.25, -0.2) is 0 Å². The molecule has 1 atom stereocenters. The molecule has 5 nitrogen and oxygen atoms in total. The molecule has 1 heterocycles. The molecular formula is C14H30N4O. The van der Waals surface area contributed by atoms with Gasteiger partial charge < -0.3 is 15.4 Å². The average molecular weight is 270 g/mol. The highest BCUT2D eigenvalue weighted by atomic mass is 16.5. The van der Waals surface area contributed by atoms with Gasteiger partial charge in [0.1, 0.15) is 0 Å². The molecule has 0 amide bonds. The van der Waals surface area contributed by atoms with Gasteiger partial charge in [-0.1, -0.05) is 6.92 Å². The van der Waals surface area contributed by atoms with E-state index in [4.69, 9.17) is 4.74 Å². The summed E-state index contributed by atoms with van der Waals surface area (Å²) in [5.74, 6) is 0.897. The normalized spacial score (nSPS) is 18.6. The standard InChI is InChI=1S/C14H30N4O/c1-4-13(18-9-5-6-10-18)12-17-14(15-2)16-8-7-11-19-3/h13H,4-12H2,1-3H3,(H2,15,16,17)/t13-/m1/s1. The molecule has 1 aliphatic rings. The van der Waals surface area contributed by atoms with Crippen LogP contribution in [-0.2, 0) is 4.74 Å². The third-order valence-corrected chi connectivity index (χ3v) is 3.67. The Bertz CT molecular complexity index is 252. The number of nitrogens with zero attached hydrogens (tertiary/aromatic N) is 2. The van der Waals surface area contributed by atoms with Gasteiger partial charge in [-0.2, -0.15) is 0 Å². The van der Waals surface area contributed by atoms with Crippen LogP contribution in [-0.4, -0.2) is 63.8 Å². The molecule has 0 radical (unpaired) electrons. The molecule has 0 aromatic rings. The van der Waals surface area contributed by atoms with Gasteiger partial charge in [0.25, 0.3) is 0 Å². The van der Waals surface area contributed by atoms with E-state index in [0.29, 0.717) is 6.04 Å². The molecule has 1 saturated heterocycles. The number of likely N-dealkylation sites (tertiary alicyclic amines) is 1. The summed E-state index contributed by atoms with van der Waals surface area (Å²) in [6, 6.07) is 0.625. The van der Waals surface area contributed by atoms with Crippen LogP contribution in [0.15, 0.2) is 4.99 Å². The largest absolute Gasteiger partial charge is 0.385 e. The molecule has 0 saturated carbocycles. The fourth-order valence-electron chi connectivity index (χ4n) is 2.50. The monoisotopic (exact) mass is 270 g/mol. The lowest BCUT2D eigenvalue weighted by molar-refractivity contribution is 0.195. The predicted molar refractivity (Wildman–Crippen MR) is 80.7 cm³/mol. The summed E-state index contributed by atoms with van der Waals surface area (Å²) in [6.45, 7) is 7.42. The molecule has 1 rings (SSSR count). The first-order chi connectivity index (χ1) is 9.31. The topological polar surface area (TPSA) is 48.9 Å². The minimum atomic E-state index is 0.625. The number of aliphatic imine (C=N–C) groups is 1. The minimum Gasteiger partial charge on any atom is -0.385 e. The Kier molecular flexibility index (Phi) is 8.58. The third kappa shape index (κ3) is 6.25. The lowest BCUT2D eigenvalue weighted by Crippen LogP contribution is -2.46. The van der Waals surface area contributed by atoms with E-state index in [1.165, 1.54) is 32.4 Å². The fraction of sp³-hybridized carbons (Fsp3) is 0.929. The highest BCUT2D eigenvalue weighted by Crippen LogP contribution is 2.13. The van der Waals surface area contributed by atoms with Crippen molar-refractivity contribution in [3.8, 4) is 0 Å². The third-order valence-electron chi connectivity index (χ3n) is 3.67. The number of hydrogen-bond donors (Lipinski definition) is 2. The van der Waals surface area contributed by atoms with Crippen LogP contribution in [0.2, 0.25) is 0 Å². The second kappa shape index (κ2) is 10.0. The number of guanidine groups is 1. The van der Waals surface area contributed by atoms with Gasteiger partial charge in [0, 0.05) is 39.9 Å². The molecule has 0 spiro atoms. The molecule has 0 bridgehead atoms. The van der Waals surface area contributed by atoms with E-state index in [1.807, 2.05) is 7.05 Å². The lowest BCUT2D eigenvalue weighted by Gasteiger charge is -2.27. The van der Waals surface area contributed by atoms with Crippen LogP contribution >= 0.6 is 0 Å². The van der Waals surface area contributed by atoms with Gasteiger partial charge in [-0.3, -0.25) is 9.89 Å². The van der Waals surface area contributed by atoms with Crippen LogP contribution in [0.3, 0.4) is 0 Å². The van der Waals surface area contributed by atoms with Crippen LogP contribution in [0.5, 0.6) is 0 Å². The Morgan fingerprint density at radius 1 is 1.32 bits per heavy atom. The molecule has 1 aliphatic heterocycles. The zero-order chi connectivity index (χ0) is 13.9. The maximum Gasteiger partial charge on any atom is 0.191 e. The van der Waals surface area contributed by atoms with Crippen molar-refractivity contribution in [1.29, 1.82) is 0 Å². The average Bonchev–Trinajstić information content (AvgIpc) is 2.96. The van der Waals surface area contributed by atoms with Crippen molar-refractivity contribution >= 4 is 5.96 Å². The number of ether oxygens (including phenoxy) is 1. The Balaban J connectivity index is 2.22. The Hall–Kier alpha value is -0.810. The van der Waals surface area contributed by atoms with Gasteiger partial charge >= 0.3 is 0 Å². The Labute approximate surface area is 117 Å². The first kappa shape index (κ1) is 16.2. The summed E-state index contributed by atoms with van der Waals surface area (Å²) in [5.41, 5.74) is 0. The van der Waals surface area contributed by atoms with Gasteiger partial charge in [0.05, 0.1) is 0 Å². The van der Waals surface area contributed by atoms with Crippen molar-refractivity contribution in [2.75, 3.05) is 46.9 Å². The number of nitrogens with one attached hydrogen (secondary N) is 2. The van der Waals surface area contributed by atoms with Crippen molar-refractivity contribution in [3.63, 3.8) is 0 Å². The molecular weight excluding hydrogens is 240 g/mol. The maximum absolute atomic E-state index is 5.03. The first-order valence-corrected chi connectivity index (χ1v) is 7.49. The second-order valence-electron chi connectivity index (χ2n) is 5.03. The van der Waals surface area contributed by atoms with E-state index in [-0.39, 0.29) is 0 Å². The molecule has 5 heteroatoms. The van der Waals surface area contributed by atoms with Crippen LogP contribution < -0.4 is 10.6 Å². The van der Waals surface area contributed by atoms with Crippen molar-refractivity contribution < 1.29 is 4.74 Å². The van der Waals surface area contributed by atoms with E-state index in [9.17, 15) is 0 Å². The highest BCUT2D eigenvalue weighted by molar-refractivity contribution is 5.79. The summed E-state index contributed by atoms with van der Waals surface area (Å²) < 4.78 is 5.03. The zero-order valence-corrected chi connectivity index (χ0v) is 12.7. The number of rotatable bonds is 8. The molecule has 19 heavy (non-hydrogen) atoms. The van der Waals surface area contributed by atoms with E-state index in [0.717, 1.165) is 32.1 Å². The quantitative estimate of drug-likeness (QED) is 0.393. The molecule has 2 N–H and O–H groups in total. The number of methoxy groups -OCH3 is 1. The zero-order valence-electron chi connectivity index (χ0n) is 12.7. The van der Waals surface area contributed by atoms with E-state index >= 15 is 0 Å². The Morgan fingerprint density at radius 2 is 2.05 bits per heavy atom. The summed E-state index contributed by atoms with van der Waals surface area (Å²) in [5, 5.41) is 6.75.